The van der Waals surface area contributed by atoms with Gasteiger partial charge in [-0.05, 0) is 47.9 Å². The van der Waals surface area contributed by atoms with E-state index in [2.05, 4.69) is 77.9 Å². The van der Waals surface area contributed by atoms with Crippen LogP contribution in [0, 0.1) is 0 Å². The lowest BCUT2D eigenvalue weighted by atomic mass is 10.1. The van der Waals surface area contributed by atoms with E-state index >= 15 is 0 Å². The van der Waals surface area contributed by atoms with Gasteiger partial charge in [-0.3, -0.25) is 0 Å². The molecule has 0 amide bonds. The van der Waals surface area contributed by atoms with Crippen molar-refractivity contribution in [2.45, 2.75) is 6.42 Å². The highest BCUT2D eigenvalue weighted by Gasteiger charge is 2.16. The minimum atomic E-state index is 0.812. The van der Waals surface area contributed by atoms with Crippen LogP contribution in [0.15, 0.2) is 91.5 Å². The average Bonchev–Trinajstić information content (AvgIpc) is 3.08. The van der Waals surface area contributed by atoms with Gasteiger partial charge in [0.05, 0.1) is 18.3 Å². The van der Waals surface area contributed by atoms with Crippen molar-refractivity contribution in [3.05, 3.63) is 97.1 Å². The quantitative estimate of drug-likeness (QED) is 0.405. The fraction of sp³-hybridized carbons (Fsp3) is 0.0833. The minimum Gasteiger partial charge on any atom is -0.496 e. The monoisotopic (exact) mass is 339 g/mol. The van der Waals surface area contributed by atoms with E-state index in [0.717, 1.165) is 34.5 Å². The van der Waals surface area contributed by atoms with Gasteiger partial charge in [-0.1, -0.05) is 54.6 Å². The number of ether oxygens (including phenoxy) is 1. The Labute approximate surface area is 154 Å². The van der Waals surface area contributed by atoms with Crippen LogP contribution in [0.5, 0.6) is 5.75 Å². The molecule has 1 heterocycles. The molecule has 3 aromatic carbocycles. The van der Waals surface area contributed by atoms with Crippen molar-refractivity contribution in [2.75, 3.05) is 7.11 Å². The van der Waals surface area contributed by atoms with E-state index in [1.807, 2.05) is 18.2 Å². The first-order valence-corrected chi connectivity index (χ1v) is 8.76. The summed E-state index contributed by atoms with van der Waals surface area (Å²) >= 11 is 0. The first kappa shape index (κ1) is 16.2. The smallest absolute Gasteiger partial charge is 0.128 e. The second-order valence-corrected chi connectivity index (χ2v) is 6.29. The Balaban J connectivity index is 2.09. The Morgan fingerprint density at radius 2 is 1.62 bits per heavy atom. The van der Waals surface area contributed by atoms with Crippen molar-refractivity contribution in [3.8, 4) is 22.7 Å². The van der Waals surface area contributed by atoms with E-state index in [9.17, 15) is 0 Å². The van der Waals surface area contributed by atoms with Crippen LogP contribution in [0.25, 0.3) is 27.8 Å². The molecule has 26 heavy (non-hydrogen) atoms. The molecule has 0 saturated heterocycles. The number of hydrogen-bond donors (Lipinski definition) is 0. The van der Waals surface area contributed by atoms with Gasteiger partial charge < -0.3 is 9.30 Å². The molecule has 0 aliphatic carbocycles. The normalized spacial score (nSPS) is 10.8. The standard InChI is InChI=1S/C24H21NO/c1-3-10-18-15-23-21(24(16-18)26-2)17-22(19-11-6-4-7-12-19)25(23)20-13-8-5-9-14-20/h3-9,11-17H,1,10H2,2H3. The molecular formula is C24H21NO. The first-order valence-electron chi connectivity index (χ1n) is 8.76. The van der Waals surface area contributed by atoms with Crippen LogP contribution >= 0.6 is 0 Å². The molecule has 0 aliphatic rings. The molecule has 128 valence electrons. The van der Waals surface area contributed by atoms with Gasteiger partial charge in [-0.15, -0.1) is 6.58 Å². The molecule has 0 aliphatic heterocycles. The van der Waals surface area contributed by atoms with Crippen molar-refractivity contribution in [2.24, 2.45) is 0 Å². The SMILES string of the molecule is C=CCc1cc(OC)c2cc(-c3ccccc3)n(-c3ccccc3)c2c1. The Bertz CT molecular complexity index is 1050. The maximum atomic E-state index is 5.71. The highest BCUT2D eigenvalue weighted by atomic mass is 16.5. The molecule has 0 atom stereocenters. The van der Waals surface area contributed by atoms with Gasteiger partial charge in [0, 0.05) is 11.1 Å². The summed E-state index contributed by atoms with van der Waals surface area (Å²) in [5.74, 6) is 0.895. The fourth-order valence-electron chi connectivity index (χ4n) is 3.46. The molecule has 4 rings (SSSR count). The largest absolute Gasteiger partial charge is 0.496 e. The number of benzene rings is 3. The third-order valence-electron chi connectivity index (χ3n) is 4.63. The van der Waals surface area contributed by atoms with Crippen molar-refractivity contribution in [1.29, 1.82) is 0 Å². The molecule has 0 N–H and O–H groups in total. The summed E-state index contributed by atoms with van der Waals surface area (Å²) in [7, 11) is 1.73. The molecule has 0 saturated carbocycles. The Morgan fingerprint density at radius 1 is 0.923 bits per heavy atom. The van der Waals surface area contributed by atoms with Gasteiger partial charge in [0.25, 0.3) is 0 Å². The average molecular weight is 339 g/mol. The number of nitrogens with zero attached hydrogens (tertiary/aromatic N) is 1. The second-order valence-electron chi connectivity index (χ2n) is 6.29. The van der Waals surface area contributed by atoms with Gasteiger partial charge in [0.1, 0.15) is 5.75 Å². The summed E-state index contributed by atoms with van der Waals surface area (Å²) < 4.78 is 8.01. The van der Waals surface area contributed by atoms with E-state index in [1.54, 1.807) is 7.11 Å². The molecule has 0 spiro atoms. The maximum Gasteiger partial charge on any atom is 0.128 e. The van der Waals surface area contributed by atoms with Gasteiger partial charge >= 0.3 is 0 Å². The number of aromatic nitrogens is 1. The lowest BCUT2D eigenvalue weighted by Crippen LogP contribution is -1.97. The van der Waals surface area contributed by atoms with Crippen LogP contribution in [-0.2, 0) is 6.42 Å². The number of rotatable bonds is 5. The summed E-state index contributed by atoms with van der Waals surface area (Å²) in [5.41, 5.74) is 5.81. The molecular weight excluding hydrogens is 318 g/mol. The molecule has 0 bridgehead atoms. The lowest BCUT2D eigenvalue weighted by Gasteiger charge is -2.12. The van der Waals surface area contributed by atoms with Crippen LogP contribution in [-0.4, -0.2) is 11.7 Å². The number of hydrogen-bond acceptors (Lipinski definition) is 1. The highest BCUT2D eigenvalue weighted by molar-refractivity contribution is 5.94. The summed E-state index contributed by atoms with van der Waals surface area (Å²) in [6, 6.07) is 27.5. The number of fused-ring (bicyclic) bond motifs is 1. The zero-order valence-electron chi connectivity index (χ0n) is 14.9. The van der Waals surface area contributed by atoms with Crippen LogP contribution in [0.1, 0.15) is 5.56 Å². The molecule has 2 heteroatoms. The second kappa shape index (κ2) is 6.93. The first-order chi connectivity index (χ1) is 12.8. The lowest BCUT2D eigenvalue weighted by molar-refractivity contribution is 0.419. The number of para-hydroxylation sites is 1. The zero-order chi connectivity index (χ0) is 17.9. The van der Waals surface area contributed by atoms with Gasteiger partial charge in [0.2, 0.25) is 0 Å². The predicted octanol–water partition coefficient (Wildman–Crippen LogP) is 6.03. The van der Waals surface area contributed by atoms with Gasteiger partial charge in [-0.25, -0.2) is 0 Å². The van der Waals surface area contributed by atoms with Crippen molar-refractivity contribution < 1.29 is 4.74 Å². The van der Waals surface area contributed by atoms with E-state index in [-0.39, 0.29) is 0 Å². The van der Waals surface area contributed by atoms with Crippen LogP contribution in [0.3, 0.4) is 0 Å². The molecule has 0 fully saturated rings. The van der Waals surface area contributed by atoms with Crippen molar-refractivity contribution in [3.63, 3.8) is 0 Å². The predicted molar refractivity (Wildman–Crippen MR) is 109 cm³/mol. The molecule has 2 nitrogen and oxygen atoms in total. The van der Waals surface area contributed by atoms with E-state index in [1.165, 1.54) is 11.1 Å². The Kier molecular flexibility index (Phi) is 4.32. The highest BCUT2D eigenvalue weighted by Crippen LogP contribution is 2.37. The van der Waals surface area contributed by atoms with Gasteiger partial charge in [-0.2, -0.15) is 0 Å². The fourth-order valence-corrected chi connectivity index (χ4v) is 3.46. The van der Waals surface area contributed by atoms with Crippen molar-refractivity contribution >= 4 is 10.9 Å². The van der Waals surface area contributed by atoms with Crippen molar-refractivity contribution in [1.82, 2.24) is 4.57 Å². The molecule has 4 aromatic rings. The third kappa shape index (κ3) is 2.80. The Hall–Kier alpha value is -3.26. The Morgan fingerprint density at radius 3 is 2.27 bits per heavy atom. The van der Waals surface area contributed by atoms with E-state index in [0.29, 0.717) is 0 Å². The topological polar surface area (TPSA) is 14.2 Å². The molecule has 1 aromatic heterocycles. The molecule has 0 unspecified atom stereocenters. The number of methoxy groups -OCH3 is 1. The summed E-state index contributed by atoms with van der Waals surface area (Å²) in [5, 5.41) is 1.11. The third-order valence-corrected chi connectivity index (χ3v) is 4.63. The van der Waals surface area contributed by atoms with Crippen LogP contribution in [0.4, 0.5) is 0 Å². The van der Waals surface area contributed by atoms with E-state index < -0.39 is 0 Å². The van der Waals surface area contributed by atoms with Gasteiger partial charge in [0.15, 0.2) is 0 Å². The number of allylic oxidation sites excluding steroid dienone is 1. The van der Waals surface area contributed by atoms with Crippen LogP contribution in [0.2, 0.25) is 0 Å². The minimum absolute atomic E-state index is 0.812. The summed E-state index contributed by atoms with van der Waals surface area (Å²) in [6.07, 6.45) is 2.74. The van der Waals surface area contributed by atoms with Crippen LogP contribution < -0.4 is 4.74 Å². The summed E-state index contributed by atoms with van der Waals surface area (Å²) in [6.45, 7) is 3.88. The maximum absolute atomic E-state index is 5.71. The summed E-state index contributed by atoms with van der Waals surface area (Å²) in [4.78, 5) is 0. The molecule has 0 radical (unpaired) electrons. The van der Waals surface area contributed by atoms with E-state index in [4.69, 9.17) is 4.74 Å². The zero-order valence-corrected chi connectivity index (χ0v) is 14.9.